The van der Waals surface area contributed by atoms with Crippen molar-refractivity contribution in [2.24, 2.45) is 0 Å². The van der Waals surface area contributed by atoms with Crippen LogP contribution in [0.2, 0.25) is 0 Å². The molecule has 5 aromatic rings. The Morgan fingerprint density at radius 3 is 2.62 bits per heavy atom. The Balaban J connectivity index is 1.45. The lowest BCUT2D eigenvalue weighted by atomic mass is 10.1. The van der Waals surface area contributed by atoms with Gasteiger partial charge in [0, 0.05) is 48.5 Å². The minimum Gasteiger partial charge on any atom is -0.464 e. The number of H-pyrrole nitrogens is 1. The number of furan rings is 1. The van der Waals surface area contributed by atoms with E-state index in [0.29, 0.717) is 17.9 Å². The zero-order valence-electron chi connectivity index (χ0n) is 20.2. The second kappa shape index (κ2) is 9.92. The van der Waals surface area contributed by atoms with Gasteiger partial charge in [-0.05, 0) is 54.1 Å². The molecular formula is C27H25N5O4S. The molecule has 3 N–H and O–H groups in total. The second-order valence-electron chi connectivity index (χ2n) is 8.65. The topological polar surface area (TPSA) is 120 Å². The number of aromatic nitrogens is 2. The predicted molar refractivity (Wildman–Crippen MR) is 143 cm³/mol. The molecule has 0 saturated heterocycles. The van der Waals surface area contributed by atoms with Gasteiger partial charge >= 0.3 is 0 Å². The summed E-state index contributed by atoms with van der Waals surface area (Å²) >= 11 is 0. The fourth-order valence-corrected chi connectivity index (χ4v) is 4.93. The minimum atomic E-state index is -3.79. The van der Waals surface area contributed by atoms with Crippen molar-refractivity contribution in [1.29, 1.82) is 0 Å². The highest BCUT2D eigenvalue weighted by Gasteiger charge is 2.21. The summed E-state index contributed by atoms with van der Waals surface area (Å²) in [6, 6.07) is 21.4. The molecule has 3 aromatic carbocycles. The normalized spacial score (nSPS) is 11.6. The van der Waals surface area contributed by atoms with Crippen molar-refractivity contribution >= 4 is 38.2 Å². The quantitative estimate of drug-likeness (QED) is 0.269. The summed E-state index contributed by atoms with van der Waals surface area (Å²) in [4.78, 5) is 13.2. The van der Waals surface area contributed by atoms with Crippen LogP contribution in [-0.4, -0.2) is 42.9 Å². The highest BCUT2D eigenvalue weighted by atomic mass is 32.2. The van der Waals surface area contributed by atoms with Crippen molar-refractivity contribution in [2.45, 2.75) is 11.4 Å². The maximum absolute atomic E-state index is 13.2. The van der Waals surface area contributed by atoms with Crippen molar-refractivity contribution in [2.75, 3.05) is 24.7 Å². The van der Waals surface area contributed by atoms with Gasteiger partial charge in [0.1, 0.15) is 5.76 Å². The van der Waals surface area contributed by atoms with E-state index in [4.69, 9.17) is 4.42 Å². The summed E-state index contributed by atoms with van der Waals surface area (Å²) in [7, 11) is -0.886. The van der Waals surface area contributed by atoms with E-state index < -0.39 is 15.9 Å². The molecule has 2 aromatic heterocycles. The Hall–Kier alpha value is -4.41. The molecule has 0 aliphatic heterocycles. The van der Waals surface area contributed by atoms with E-state index in [9.17, 15) is 13.2 Å². The van der Waals surface area contributed by atoms with Crippen LogP contribution in [0.4, 0.5) is 11.4 Å². The van der Waals surface area contributed by atoms with Crippen LogP contribution in [0.15, 0.2) is 94.6 Å². The SMILES string of the molecule is CN(C)S(=O)(=O)c1cc(NCc2ccccc2-c2ccco2)cc(C(=O)Nc2ccc3cn[nH]c3c2)c1. The zero-order chi connectivity index (χ0) is 26.0. The van der Waals surface area contributed by atoms with Gasteiger partial charge in [-0.1, -0.05) is 24.3 Å². The molecule has 0 radical (unpaired) electrons. The number of nitrogens with one attached hydrogen (secondary N) is 3. The third-order valence-electron chi connectivity index (χ3n) is 5.93. The molecule has 0 unspecified atom stereocenters. The molecule has 0 spiro atoms. The largest absolute Gasteiger partial charge is 0.464 e. The second-order valence-corrected chi connectivity index (χ2v) is 10.8. The smallest absolute Gasteiger partial charge is 0.255 e. The maximum atomic E-state index is 13.2. The van der Waals surface area contributed by atoms with Crippen LogP contribution in [-0.2, 0) is 16.6 Å². The molecule has 1 amide bonds. The monoisotopic (exact) mass is 515 g/mol. The van der Waals surface area contributed by atoms with Gasteiger partial charge in [-0.25, -0.2) is 12.7 Å². The van der Waals surface area contributed by atoms with E-state index in [-0.39, 0.29) is 10.5 Å². The molecule has 0 aliphatic carbocycles. The van der Waals surface area contributed by atoms with E-state index >= 15 is 0 Å². The fourth-order valence-electron chi connectivity index (χ4n) is 3.95. The molecule has 188 valence electrons. The first kappa shape index (κ1) is 24.3. The first-order chi connectivity index (χ1) is 17.8. The molecule has 0 fully saturated rings. The number of sulfonamides is 1. The molecule has 5 rings (SSSR count). The van der Waals surface area contributed by atoms with Gasteiger partial charge in [-0.3, -0.25) is 9.89 Å². The molecule has 10 heteroatoms. The maximum Gasteiger partial charge on any atom is 0.255 e. The van der Waals surface area contributed by atoms with Gasteiger partial charge in [0.25, 0.3) is 5.91 Å². The van der Waals surface area contributed by atoms with E-state index in [2.05, 4.69) is 20.8 Å². The molecular weight excluding hydrogens is 490 g/mol. The first-order valence-corrected chi connectivity index (χ1v) is 12.9. The Morgan fingerprint density at radius 2 is 1.84 bits per heavy atom. The van der Waals surface area contributed by atoms with Crippen LogP contribution in [0.25, 0.3) is 22.2 Å². The number of fused-ring (bicyclic) bond motifs is 1. The minimum absolute atomic E-state index is 0.0102. The number of rotatable bonds is 8. The fraction of sp³-hybridized carbons (Fsp3) is 0.111. The van der Waals surface area contributed by atoms with Gasteiger partial charge in [-0.2, -0.15) is 5.10 Å². The van der Waals surface area contributed by atoms with Gasteiger partial charge < -0.3 is 15.1 Å². The number of hydrogen-bond donors (Lipinski definition) is 3. The van der Waals surface area contributed by atoms with E-state index in [0.717, 1.165) is 32.1 Å². The third-order valence-corrected chi connectivity index (χ3v) is 7.73. The number of aromatic amines is 1. The molecule has 2 heterocycles. The van der Waals surface area contributed by atoms with Crippen LogP contribution >= 0.6 is 0 Å². The summed E-state index contributed by atoms with van der Waals surface area (Å²) in [5.74, 6) is 0.296. The highest BCUT2D eigenvalue weighted by molar-refractivity contribution is 7.89. The lowest BCUT2D eigenvalue weighted by molar-refractivity contribution is 0.102. The van der Waals surface area contributed by atoms with Gasteiger partial charge in [0.2, 0.25) is 10.0 Å². The van der Waals surface area contributed by atoms with Crippen molar-refractivity contribution in [3.63, 3.8) is 0 Å². The standard InChI is InChI=1S/C27H25N5O4S/c1-32(2)37(34,35)23-13-20(27(33)30-21-10-9-19-17-29-31-25(19)15-21)12-22(14-23)28-16-18-6-3-4-7-24(18)26-8-5-11-36-26/h3-15,17,28H,16H2,1-2H3,(H,29,31)(H,30,33). The molecule has 0 saturated carbocycles. The molecule has 9 nitrogen and oxygen atoms in total. The lowest BCUT2D eigenvalue weighted by Crippen LogP contribution is -2.23. The van der Waals surface area contributed by atoms with Crippen LogP contribution in [0.5, 0.6) is 0 Å². The van der Waals surface area contributed by atoms with Gasteiger partial charge in [-0.15, -0.1) is 0 Å². The summed E-state index contributed by atoms with van der Waals surface area (Å²) in [5.41, 5.74) is 3.91. The first-order valence-electron chi connectivity index (χ1n) is 11.5. The molecule has 0 atom stereocenters. The highest BCUT2D eigenvalue weighted by Crippen LogP contribution is 2.27. The number of hydrogen-bond acceptors (Lipinski definition) is 6. The number of carbonyl (C=O) groups is 1. The Kier molecular flexibility index (Phi) is 6.51. The van der Waals surface area contributed by atoms with Crippen molar-refractivity contribution in [3.8, 4) is 11.3 Å². The van der Waals surface area contributed by atoms with Crippen LogP contribution in [0.3, 0.4) is 0 Å². The lowest BCUT2D eigenvalue weighted by Gasteiger charge is -2.16. The van der Waals surface area contributed by atoms with E-state index in [1.165, 1.54) is 26.2 Å². The summed E-state index contributed by atoms with van der Waals surface area (Å²) < 4.78 is 32.6. The van der Waals surface area contributed by atoms with Crippen LogP contribution < -0.4 is 10.6 Å². The van der Waals surface area contributed by atoms with Crippen molar-refractivity contribution in [3.05, 3.63) is 96.4 Å². The number of benzene rings is 3. The zero-order valence-corrected chi connectivity index (χ0v) is 21.0. The number of carbonyl (C=O) groups excluding carboxylic acids is 1. The molecule has 37 heavy (non-hydrogen) atoms. The number of amides is 1. The number of nitrogens with zero attached hydrogens (tertiary/aromatic N) is 2. The summed E-state index contributed by atoms with van der Waals surface area (Å²) in [6.45, 7) is 0.389. The Morgan fingerprint density at radius 1 is 1.00 bits per heavy atom. The molecule has 0 bridgehead atoms. The van der Waals surface area contributed by atoms with E-state index in [1.807, 2.05) is 42.5 Å². The Bertz CT molecular complexity index is 1670. The van der Waals surface area contributed by atoms with Crippen LogP contribution in [0, 0.1) is 0 Å². The third kappa shape index (κ3) is 5.11. The number of anilines is 2. The van der Waals surface area contributed by atoms with Crippen molar-refractivity contribution in [1.82, 2.24) is 14.5 Å². The van der Waals surface area contributed by atoms with Gasteiger partial charge in [0.05, 0.1) is 22.9 Å². The molecule has 0 aliphatic rings. The predicted octanol–water partition coefficient (Wildman–Crippen LogP) is 4.94. The average Bonchev–Trinajstić information content (AvgIpc) is 3.59. The summed E-state index contributed by atoms with van der Waals surface area (Å²) in [5, 5.41) is 13.9. The van der Waals surface area contributed by atoms with Crippen LogP contribution in [0.1, 0.15) is 15.9 Å². The summed E-state index contributed by atoms with van der Waals surface area (Å²) in [6.07, 6.45) is 3.31. The van der Waals surface area contributed by atoms with Crippen molar-refractivity contribution < 1.29 is 17.6 Å². The van der Waals surface area contributed by atoms with Gasteiger partial charge in [0.15, 0.2) is 0 Å². The Labute approximate surface area is 214 Å². The average molecular weight is 516 g/mol. The van der Waals surface area contributed by atoms with E-state index in [1.54, 1.807) is 30.7 Å².